The minimum absolute atomic E-state index is 0.0434. The zero-order valence-electron chi connectivity index (χ0n) is 21.5. The molecule has 2 aromatic heterocycles. The highest BCUT2D eigenvalue weighted by Crippen LogP contribution is 2.44. The van der Waals surface area contributed by atoms with Crippen LogP contribution in [0.3, 0.4) is 0 Å². The number of thioether (sulfide) groups is 1. The summed E-state index contributed by atoms with van der Waals surface area (Å²) >= 11 is 8.90. The van der Waals surface area contributed by atoms with Gasteiger partial charge in [-0.2, -0.15) is 0 Å². The second-order valence-corrected chi connectivity index (χ2v) is 11.5. The molecule has 2 aromatic carbocycles. The molecule has 4 aromatic rings. The number of benzene rings is 2. The highest BCUT2D eigenvalue weighted by atomic mass is 35.5. The summed E-state index contributed by atoms with van der Waals surface area (Å²) in [6.45, 7) is 2.68. The lowest BCUT2D eigenvalue weighted by molar-refractivity contribution is -0.132. The summed E-state index contributed by atoms with van der Waals surface area (Å²) in [5.41, 5.74) is 1.85. The third kappa shape index (κ3) is 5.89. The summed E-state index contributed by atoms with van der Waals surface area (Å²) in [5, 5.41) is 20.7. The van der Waals surface area contributed by atoms with E-state index in [1.165, 1.54) is 28.0 Å². The number of ether oxygens (including phenoxy) is 1. The molecule has 1 atom stereocenters. The number of halogens is 1. The maximum Gasteiger partial charge on any atom is 0.301 e. The van der Waals surface area contributed by atoms with Crippen LogP contribution >= 0.6 is 34.7 Å². The Bertz CT molecular complexity index is 1540. The van der Waals surface area contributed by atoms with Crippen LogP contribution in [0.25, 0.3) is 5.76 Å². The Morgan fingerprint density at radius 2 is 1.90 bits per heavy atom. The predicted octanol–water partition coefficient (Wildman–Crippen LogP) is 6.68. The number of amides is 1. The number of rotatable bonds is 10. The second kappa shape index (κ2) is 12.6. The van der Waals surface area contributed by atoms with Crippen molar-refractivity contribution in [2.75, 3.05) is 11.5 Å². The number of aliphatic hydroxyl groups is 1. The van der Waals surface area contributed by atoms with Crippen LogP contribution in [-0.4, -0.2) is 38.6 Å². The molecule has 0 bridgehead atoms. The molecule has 1 amide bonds. The summed E-state index contributed by atoms with van der Waals surface area (Å²) in [5.74, 6) is -0.668. The van der Waals surface area contributed by atoms with E-state index in [-0.39, 0.29) is 16.5 Å². The molecule has 1 fully saturated rings. The van der Waals surface area contributed by atoms with Crippen molar-refractivity contribution in [2.24, 2.45) is 0 Å². The minimum Gasteiger partial charge on any atom is -0.507 e. The predicted molar refractivity (Wildman–Crippen MR) is 157 cm³/mol. The Morgan fingerprint density at radius 3 is 2.62 bits per heavy atom. The molecule has 1 aliphatic heterocycles. The van der Waals surface area contributed by atoms with Gasteiger partial charge in [0.25, 0.3) is 5.78 Å². The fourth-order valence-corrected chi connectivity index (χ4v) is 6.35. The van der Waals surface area contributed by atoms with Crippen molar-refractivity contribution in [3.05, 3.63) is 100 Å². The molecule has 1 N–H and O–H groups in total. The largest absolute Gasteiger partial charge is 0.507 e. The third-order valence-electron chi connectivity index (χ3n) is 6.25. The quantitative estimate of drug-likeness (QED) is 0.0542. The smallest absolute Gasteiger partial charge is 0.301 e. The highest BCUT2D eigenvalue weighted by Gasteiger charge is 2.48. The molecule has 8 nitrogen and oxygen atoms in total. The molecule has 1 saturated heterocycles. The van der Waals surface area contributed by atoms with Gasteiger partial charge in [-0.3, -0.25) is 19.5 Å². The van der Waals surface area contributed by atoms with Crippen molar-refractivity contribution in [3.63, 3.8) is 0 Å². The molecule has 40 heavy (non-hydrogen) atoms. The van der Waals surface area contributed by atoms with E-state index in [4.69, 9.17) is 16.3 Å². The van der Waals surface area contributed by atoms with Gasteiger partial charge in [0.05, 0.1) is 18.2 Å². The van der Waals surface area contributed by atoms with Crippen LogP contribution in [0, 0.1) is 0 Å². The summed E-state index contributed by atoms with van der Waals surface area (Å²) < 4.78 is 6.32. The first-order valence-electron chi connectivity index (χ1n) is 12.6. The number of carbonyl (C=O) groups is 2. The maximum absolute atomic E-state index is 13.4. The van der Waals surface area contributed by atoms with Crippen LogP contribution in [0.2, 0.25) is 5.02 Å². The molecular formula is C29H25ClN4O4S2. The first-order chi connectivity index (χ1) is 19.5. The van der Waals surface area contributed by atoms with Gasteiger partial charge in [-0.05, 0) is 53.9 Å². The molecule has 0 saturated carbocycles. The number of ketones is 1. The Balaban J connectivity index is 1.47. The molecule has 0 aliphatic carbocycles. The van der Waals surface area contributed by atoms with Crippen molar-refractivity contribution in [2.45, 2.75) is 35.9 Å². The Kier molecular flexibility index (Phi) is 8.78. The number of hydrogen-bond donors (Lipinski definition) is 1. The lowest BCUT2D eigenvalue weighted by Gasteiger charge is -2.22. The zero-order chi connectivity index (χ0) is 28.1. The molecule has 11 heteroatoms. The topological polar surface area (TPSA) is 106 Å². The van der Waals surface area contributed by atoms with Gasteiger partial charge in [0, 0.05) is 28.7 Å². The van der Waals surface area contributed by atoms with E-state index in [2.05, 4.69) is 22.1 Å². The fraction of sp³-hybridized carbons (Fsp3) is 0.207. The van der Waals surface area contributed by atoms with Crippen LogP contribution < -0.4 is 9.64 Å². The normalized spacial score (nSPS) is 16.4. The molecule has 3 heterocycles. The number of anilines is 1. The van der Waals surface area contributed by atoms with Crippen molar-refractivity contribution in [1.82, 2.24) is 15.2 Å². The lowest BCUT2D eigenvalue weighted by atomic mass is 9.96. The van der Waals surface area contributed by atoms with Gasteiger partial charge in [-0.15, -0.1) is 10.2 Å². The monoisotopic (exact) mass is 592 g/mol. The molecule has 0 spiro atoms. The van der Waals surface area contributed by atoms with Crippen molar-refractivity contribution in [3.8, 4) is 5.75 Å². The Labute approximate surface area is 244 Å². The number of carbonyl (C=O) groups excluding carboxylic acids is 2. The van der Waals surface area contributed by atoms with Crippen LogP contribution in [0.15, 0.2) is 83.0 Å². The van der Waals surface area contributed by atoms with Gasteiger partial charge >= 0.3 is 5.91 Å². The molecular weight excluding hydrogens is 568 g/mol. The SMILES string of the molecule is CCCCOc1ccc(C(O)=C2C(=O)C(=O)N(c3nnc(SCc4ccccc4Cl)s3)[C@@H]2c2cccnc2)cc1. The van der Waals surface area contributed by atoms with Gasteiger partial charge in [0.1, 0.15) is 11.5 Å². The first kappa shape index (κ1) is 27.8. The summed E-state index contributed by atoms with van der Waals surface area (Å²) in [7, 11) is 0. The zero-order valence-corrected chi connectivity index (χ0v) is 23.9. The molecule has 0 radical (unpaired) electrons. The number of Topliss-reactive ketones (excluding diaryl/α,β-unsaturated/α-hetero) is 1. The number of unbranched alkanes of at least 4 members (excludes halogenated alkanes) is 1. The highest BCUT2D eigenvalue weighted by molar-refractivity contribution is 8.00. The van der Waals surface area contributed by atoms with Gasteiger partial charge in [-0.25, -0.2) is 0 Å². The van der Waals surface area contributed by atoms with Gasteiger partial charge in [0.15, 0.2) is 4.34 Å². The van der Waals surface area contributed by atoms with E-state index < -0.39 is 17.7 Å². The Hall–Kier alpha value is -3.73. The third-order valence-corrected chi connectivity index (χ3v) is 8.72. The van der Waals surface area contributed by atoms with Crippen LogP contribution in [0.5, 0.6) is 5.75 Å². The number of aromatic nitrogens is 3. The minimum atomic E-state index is -0.927. The molecule has 5 rings (SSSR count). The second-order valence-electron chi connectivity index (χ2n) is 8.91. The van der Waals surface area contributed by atoms with Crippen LogP contribution in [-0.2, 0) is 15.3 Å². The number of nitrogens with zero attached hydrogens (tertiary/aromatic N) is 4. The van der Waals surface area contributed by atoms with Gasteiger partial charge < -0.3 is 9.84 Å². The van der Waals surface area contributed by atoms with Crippen molar-refractivity contribution in [1.29, 1.82) is 0 Å². The number of hydrogen-bond acceptors (Lipinski definition) is 9. The molecule has 0 unspecified atom stereocenters. The van der Waals surface area contributed by atoms with E-state index in [9.17, 15) is 14.7 Å². The first-order valence-corrected chi connectivity index (χ1v) is 14.8. The standard InChI is InChI=1S/C29H25ClN4O4S2/c1-2-3-15-38-21-12-10-18(11-13-21)25(35)23-24(19-8-6-14-31-16-19)34(27(37)26(23)36)28-32-33-29(40-28)39-17-20-7-4-5-9-22(20)30/h4-14,16,24,35H,2-3,15,17H2,1H3/t24-/m1/s1. The van der Waals surface area contributed by atoms with Crippen molar-refractivity contribution < 1.29 is 19.4 Å². The summed E-state index contributed by atoms with van der Waals surface area (Å²) in [4.78, 5) is 32.2. The average Bonchev–Trinajstić information content (AvgIpc) is 3.55. The average molecular weight is 593 g/mol. The Morgan fingerprint density at radius 1 is 1.10 bits per heavy atom. The van der Waals surface area contributed by atoms with Gasteiger partial charge in [0.2, 0.25) is 5.13 Å². The number of pyridine rings is 1. The lowest BCUT2D eigenvalue weighted by Crippen LogP contribution is -2.29. The van der Waals surface area contributed by atoms with E-state index in [1.807, 2.05) is 24.3 Å². The van der Waals surface area contributed by atoms with E-state index in [1.54, 1.807) is 48.8 Å². The summed E-state index contributed by atoms with van der Waals surface area (Å²) in [6.07, 6.45) is 5.11. The number of aliphatic hydroxyl groups excluding tert-OH is 1. The van der Waals surface area contributed by atoms with Gasteiger partial charge in [-0.1, -0.05) is 72.3 Å². The van der Waals surface area contributed by atoms with E-state index in [0.29, 0.717) is 38.6 Å². The molecule has 204 valence electrons. The van der Waals surface area contributed by atoms with Crippen LogP contribution in [0.4, 0.5) is 5.13 Å². The summed E-state index contributed by atoms with van der Waals surface area (Å²) in [6, 6.07) is 16.9. The van der Waals surface area contributed by atoms with E-state index >= 15 is 0 Å². The van der Waals surface area contributed by atoms with Crippen molar-refractivity contribution >= 4 is 57.3 Å². The maximum atomic E-state index is 13.4. The van der Waals surface area contributed by atoms with Crippen LogP contribution in [0.1, 0.15) is 42.5 Å². The molecule has 1 aliphatic rings. The van der Waals surface area contributed by atoms with E-state index in [0.717, 1.165) is 18.4 Å². The fourth-order valence-electron chi connectivity index (χ4n) is 4.19.